The zero-order chi connectivity index (χ0) is 24.8. The van der Waals surface area contributed by atoms with Crippen LogP contribution in [0.1, 0.15) is 13.8 Å². The monoisotopic (exact) mass is 558 g/mol. The fraction of sp³-hybridized carbons (Fsp3) is 0.429. The summed E-state index contributed by atoms with van der Waals surface area (Å²) >= 11 is 18.1. The van der Waals surface area contributed by atoms with Crippen LogP contribution >= 0.6 is 34.8 Å². The summed E-state index contributed by atoms with van der Waals surface area (Å²) in [6.45, 7) is 3.41. The van der Waals surface area contributed by atoms with Crippen molar-refractivity contribution in [2.45, 2.75) is 29.7 Å². The van der Waals surface area contributed by atoms with Crippen LogP contribution in [0.4, 0.5) is 0 Å². The zero-order valence-electron chi connectivity index (χ0n) is 18.0. The number of aliphatic hydroxyl groups is 1. The first-order valence-corrected chi connectivity index (χ1v) is 14.5. The van der Waals surface area contributed by atoms with Crippen molar-refractivity contribution in [1.82, 2.24) is 0 Å². The van der Waals surface area contributed by atoms with E-state index in [2.05, 4.69) is 0 Å². The van der Waals surface area contributed by atoms with Crippen LogP contribution in [0.5, 0.6) is 11.5 Å². The number of halogens is 3. The molecule has 0 aromatic heterocycles. The van der Waals surface area contributed by atoms with Gasteiger partial charge in [0.15, 0.2) is 9.84 Å². The molecule has 2 atom stereocenters. The lowest BCUT2D eigenvalue weighted by Gasteiger charge is -2.14. The summed E-state index contributed by atoms with van der Waals surface area (Å²) in [7, 11) is -7.32. The molecule has 0 amide bonds. The Bertz CT molecular complexity index is 1170. The molecule has 33 heavy (non-hydrogen) atoms. The summed E-state index contributed by atoms with van der Waals surface area (Å²) < 4.78 is 60.1. The molecule has 0 saturated carbocycles. The van der Waals surface area contributed by atoms with Gasteiger partial charge >= 0.3 is 0 Å². The summed E-state index contributed by atoms with van der Waals surface area (Å²) in [6.07, 6.45) is -1.25. The van der Waals surface area contributed by atoms with Crippen LogP contribution < -0.4 is 9.47 Å². The number of benzene rings is 2. The average molecular weight is 560 g/mol. The van der Waals surface area contributed by atoms with Gasteiger partial charge in [0.25, 0.3) is 0 Å². The van der Waals surface area contributed by atoms with Gasteiger partial charge in [-0.05, 0) is 36.4 Å². The van der Waals surface area contributed by atoms with E-state index in [0.717, 1.165) is 0 Å². The molecule has 0 aliphatic rings. The minimum absolute atomic E-state index is 0.0114. The van der Waals surface area contributed by atoms with Gasteiger partial charge in [0, 0.05) is 17.6 Å². The van der Waals surface area contributed by atoms with Crippen molar-refractivity contribution in [3.8, 4) is 11.5 Å². The molecule has 0 bridgehead atoms. The zero-order valence-corrected chi connectivity index (χ0v) is 21.9. The minimum atomic E-state index is -3.94. The number of hydrogen-bond donors (Lipinski definition) is 1. The molecule has 0 saturated heterocycles. The first-order valence-electron chi connectivity index (χ1n) is 9.93. The van der Waals surface area contributed by atoms with Crippen LogP contribution in [0.25, 0.3) is 0 Å². The van der Waals surface area contributed by atoms with Crippen molar-refractivity contribution < 1.29 is 31.4 Å². The third-order valence-electron chi connectivity index (χ3n) is 4.53. The Morgan fingerprint density at radius 2 is 1.39 bits per heavy atom. The van der Waals surface area contributed by atoms with E-state index in [0.29, 0.717) is 18.2 Å². The normalized spacial score (nSPS) is 14.0. The standard InChI is InChI=1S/C21H25Cl3O7S2/c1-3-32(26,27)13-15(25)12-31-21-7-5-17(9-19(21)24)33(28,29)16-4-6-20(18(23)8-16)30-11-14(2)10-22/h4-9,14-15,25H,3,10-13H2,1-2H3/t14-,15+/m1/s1. The molecule has 0 heterocycles. The van der Waals surface area contributed by atoms with Crippen molar-refractivity contribution in [1.29, 1.82) is 0 Å². The summed E-state index contributed by atoms with van der Waals surface area (Å²) in [5.41, 5.74) is 0. The Balaban J connectivity index is 2.15. The SMILES string of the molecule is CCS(=O)(=O)C[C@@H](O)COc1ccc(S(=O)(=O)c2ccc(OC[C@H](C)CCl)c(Cl)c2)cc1Cl. The predicted octanol–water partition coefficient (Wildman–Crippen LogP) is 4.25. The third-order valence-corrected chi connectivity index (χ3v) is 9.17. The van der Waals surface area contributed by atoms with E-state index >= 15 is 0 Å². The Labute approximate surface area is 209 Å². The van der Waals surface area contributed by atoms with Crippen molar-refractivity contribution in [2.24, 2.45) is 5.92 Å². The number of sulfone groups is 2. The van der Waals surface area contributed by atoms with E-state index in [1.807, 2.05) is 6.92 Å². The number of aliphatic hydroxyl groups excluding tert-OH is 1. The lowest BCUT2D eigenvalue weighted by Crippen LogP contribution is -2.28. The van der Waals surface area contributed by atoms with Gasteiger partial charge in [-0.3, -0.25) is 0 Å². The average Bonchev–Trinajstić information content (AvgIpc) is 2.76. The van der Waals surface area contributed by atoms with E-state index < -0.39 is 31.5 Å². The predicted molar refractivity (Wildman–Crippen MR) is 130 cm³/mol. The van der Waals surface area contributed by atoms with Crippen LogP contribution in [-0.4, -0.2) is 58.6 Å². The van der Waals surface area contributed by atoms with E-state index in [1.54, 1.807) is 0 Å². The first-order chi connectivity index (χ1) is 15.4. The van der Waals surface area contributed by atoms with Gasteiger partial charge in [0.2, 0.25) is 9.84 Å². The van der Waals surface area contributed by atoms with E-state index in [4.69, 9.17) is 44.3 Å². The number of rotatable bonds is 12. The van der Waals surface area contributed by atoms with Crippen molar-refractivity contribution in [3.05, 3.63) is 46.4 Å². The van der Waals surface area contributed by atoms with Crippen LogP contribution in [0.3, 0.4) is 0 Å². The molecule has 0 spiro atoms. The maximum absolute atomic E-state index is 13.0. The first kappa shape index (κ1) is 28.0. The quantitative estimate of drug-likeness (QED) is 0.387. The van der Waals surface area contributed by atoms with E-state index in [9.17, 15) is 21.9 Å². The Morgan fingerprint density at radius 1 is 0.909 bits per heavy atom. The second-order valence-electron chi connectivity index (χ2n) is 7.42. The van der Waals surface area contributed by atoms with Crippen LogP contribution in [0.15, 0.2) is 46.2 Å². The topological polar surface area (TPSA) is 107 Å². The van der Waals surface area contributed by atoms with Crippen molar-refractivity contribution >= 4 is 54.5 Å². The van der Waals surface area contributed by atoms with Crippen LogP contribution in [-0.2, 0) is 19.7 Å². The molecule has 12 heteroatoms. The largest absolute Gasteiger partial charge is 0.492 e. The highest BCUT2D eigenvalue weighted by molar-refractivity contribution is 7.91. The van der Waals surface area contributed by atoms with E-state index in [-0.39, 0.29) is 43.9 Å². The van der Waals surface area contributed by atoms with E-state index in [1.165, 1.54) is 43.3 Å². The molecular weight excluding hydrogens is 535 g/mol. The van der Waals surface area contributed by atoms with Crippen LogP contribution in [0, 0.1) is 5.92 Å². The van der Waals surface area contributed by atoms with Crippen molar-refractivity contribution in [3.63, 3.8) is 0 Å². The number of ether oxygens (including phenoxy) is 2. The Morgan fingerprint density at radius 3 is 1.82 bits per heavy atom. The Kier molecular flexibility index (Phi) is 10.1. The summed E-state index contributed by atoms with van der Waals surface area (Å²) in [6, 6.07) is 7.99. The van der Waals surface area contributed by atoms with Crippen LogP contribution in [0.2, 0.25) is 10.0 Å². The van der Waals surface area contributed by atoms with Gasteiger partial charge in [0.1, 0.15) is 24.2 Å². The smallest absolute Gasteiger partial charge is 0.206 e. The lowest BCUT2D eigenvalue weighted by atomic mass is 10.2. The second kappa shape index (κ2) is 12.0. The maximum Gasteiger partial charge on any atom is 0.206 e. The highest BCUT2D eigenvalue weighted by Crippen LogP contribution is 2.33. The number of alkyl halides is 1. The number of hydrogen-bond acceptors (Lipinski definition) is 7. The molecule has 184 valence electrons. The molecule has 0 unspecified atom stereocenters. The molecule has 0 fully saturated rings. The minimum Gasteiger partial charge on any atom is -0.492 e. The van der Waals surface area contributed by atoms with Gasteiger partial charge in [-0.15, -0.1) is 11.6 Å². The molecule has 0 aliphatic heterocycles. The van der Waals surface area contributed by atoms with Gasteiger partial charge < -0.3 is 14.6 Å². The molecule has 2 aromatic carbocycles. The fourth-order valence-corrected chi connectivity index (χ4v) is 5.51. The molecule has 2 rings (SSSR count). The molecule has 7 nitrogen and oxygen atoms in total. The van der Waals surface area contributed by atoms with Gasteiger partial charge in [-0.2, -0.15) is 0 Å². The Hall–Kier alpha value is -1.23. The highest BCUT2D eigenvalue weighted by Gasteiger charge is 2.22. The van der Waals surface area contributed by atoms with Crippen molar-refractivity contribution in [2.75, 3.05) is 30.6 Å². The fourth-order valence-electron chi connectivity index (χ4n) is 2.59. The summed E-state index contributed by atoms with van der Waals surface area (Å²) in [4.78, 5) is -0.135. The summed E-state index contributed by atoms with van der Waals surface area (Å²) in [5, 5.41) is 9.99. The van der Waals surface area contributed by atoms with Gasteiger partial charge in [-0.25, -0.2) is 16.8 Å². The highest BCUT2D eigenvalue weighted by atomic mass is 35.5. The molecule has 1 N–H and O–H groups in total. The molecule has 2 aromatic rings. The maximum atomic E-state index is 13.0. The lowest BCUT2D eigenvalue weighted by molar-refractivity contribution is 0.125. The molecular formula is C21H25Cl3O7S2. The second-order valence-corrected chi connectivity index (χ2v) is 12.9. The molecule has 0 aliphatic carbocycles. The van der Waals surface area contributed by atoms with Gasteiger partial charge in [0.05, 0.1) is 32.2 Å². The molecule has 0 radical (unpaired) electrons. The summed E-state index contributed by atoms with van der Waals surface area (Å²) in [5.74, 6) is 0.434. The van der Waals surface area contributed by atoms with Gasteiger partial charge in [-0.1, -0.05) is 37.0 Å². The third kappa shape index (κ3) is 7.90.